The molecule has 6 aromatic carbocycles. The fraction of sp³-hybridized carbons (Fsp3) is 0.0476. The van der Waals surface area contributed by atoms with Crippen molar-refractivity contribution in [1.29, 1.82) is 0 Å². The molecule has 0 amide bonds. The molecule has 1 heterocycles. The van der Waals surface area contributed by atoms with Gasteiger partial charge in [-0.15, -0.1) is 21.9 Å². The van der Waals surface area contributed by atoms with Gasteiger partial charge >= 0.3 is 0 Å². The summed E-state index contributed by atoms with van der Waals surface area (Å²) in [4.78, 5) is 12.5. The summed E-state index contributed by atoms with van der Waals surface area (Å²) >= 11 is 4.38. The average molecular weight is 973 g/mol. The SMILES string of the molecule is Fc1c(F)c(F)c([B-](c2c(F)c(F)c(F)c(F)c2F)(c2c(F)c(F)c(F)c(F)c2F)c2c(F)c(F)c(F)c(F)c2F)c(F)c1F.O=C(C[n+]1c(CS)ccc2ccccc21)c1ccccc1. The van der Waals surface area contributed by atoms with E-state index in [4.69, 9.17) is 0 Å². The van der Waals surface area contributed by atoms with E-state index in [1.54, 1.807) is 0 Å². The van der Waals surface area contributed by atoms with Gasteiger partial charge in [0.05, 0.1) is 5.75 Å². The first kappa shape index (κ1) is 48.9. The molecular formula is C42H16BF20NOS. The van der Waals surface area contributed by atoms with Crippen molar-refractivity contribution < 1.29 is 97.2 Å². The number of pyridine rings is 1. The Bertz CT molecular complexity index is 2750. The third kappa shape index (κ3) is 7.57. The summed E-state index contributed by atoms with van der Waals surface area (Å²) in [6, 6.07) is 21.6. The highest BCUT2D eigenvalue weighted by atomic mass is 32.1. The van der Waals surface area contributed by atoms with E-state index >= 15 is 35.1 Å². The topological polar surface area (TPSA) is 20.9 Å². The van der Waals surface area contributed by atoms with E-state index in [0.29, 0.717) is 12.3 Å². The van der Waals surface area contributed by atoms with Gasteiger partial charge in [0.25, 0.3) is 0 Å². The largest absolute Gasteiger partial charge is 0.287 e. The van der Waals surface area contributed by atoms with Crippen LogP contribution in [0.3, 0.4) is 0 Å². The molecule has 0 aliphatic rings. The first-order chi connectivity index (χ1) is 31.0. The second kappa shape index (κ2) is 18.4. The number of hydrogen-bond acceptors (Lipinski definition) is 2. The fourth-order valence-corrected chi connectivity index (χ4v) is 7.64. The van der Waals surface area contributed by atoms with Crippen LogP contribution in [-0.4, -0.2) is 11.9 Å². The van der Waals surface area contributed by atoms with Crippen LogP contribution in [-0.2, 0) is 12.3 Å². The van der Waals surface area contributed by atoms with Crippen molar-refractivity contribution in [3.8, 4) is 0 Å². The highest BCUT2D eigenvalue weighted by molar-refractivity contribution is 7.79. The van der Waals surface area contributed by atoms with Gasteiger partial charge in [0.1, 0.15) is 52.7 Å². The Morgan fingerprint density at radius 2 is 0.667 bits per heavy atom. The second-order valence-electron chi connectivity index (χ2n) is 13.7. The first-order valence-corrected chi connectivity index (χ1v) is 18.5. The van der Waals surface area contributed by atoms with Gasteiger partial charge in [-0.05, 0) is 12.1 Å². The van der Waals surface area contributed by atoms with Gasteiger partial charge in [0.15, 0.2) is 75.5 Å². The summed E-state index contributed by atoms with van der Waals surface area (Å²) in [5, 5.41) is 1.13. The van der Waals surface area contributed by atoms with Crippen molar-refractivity contribution in [3.63, 3.8) is 0 Å². The monoisotopic (exact) mass is 973 g/mol. The number of benzene rings is 6. The van der Waals surface area contributed by atoms with Crippen molar-refractivity contribution in [3.05, 3.63) is 194 Å². The molecule has 0 saturated carbocycles. The van der Waals surface area contributed by atoms with Crippen molar-refractivity contribution in [2.24, 2.45) is 0 Å². The molecule has 66 heavy (non-hydrogen) atoms. The zero-order valence-electron chi connectivity index (χ0n) is 31.7. The van der Waals surface area contributed by atoms with Crippen LogP contribution in [0.2, 0.25) is 0 Å². The Hall–Kier alpha value is -6.59. The molecule has 0 aliphatic heterocycles. The molecule has 0 spiro atoms. The molecule has 0 N–H and O–H groups in total. The van der Waals surface area contributed by atoms with Crippen LogP contribution in [0.15, 0.2) is 66.7 Å². The number of hydrogen-bond donors (Lipinski definition) is 1. The van der Waals surface area contributed by atoms with Crippen molar-refractivity contribution in [2.75, 3.05) is 0 Å². The van der Waals surface area contributed by atoms with Crippen LogP contribution in [0, 0.1) is 116 Å². The van der Waals surface area contributed by atoms with Gasteiger partial charge in [0, 0.05) is 23.1 Å². The predicted octanol–water partition coefficient (Wildman–Crippen LogP) is 9.29. The zero-order valence-corrected chi connectivity index (χ0v) is 32.6. The maximum atomic E-state index is 15.4. The molecule has 0 radical (unpaired) electrons. The molecule has 24 heteroatoms. The summed E-state index contributed by atoms with van der Waals surface area (Å²) < 4.78 is 296. The minimum absolute atomic E-state index is 0.111. The van der Waals surface area contributed by atoms with E-state index in [2.05, 4.69) is 29.3 Å². The van der Waals surface area contributed by atoms with E-state index in [1.807, 2.05) is 54.6 Å². The number of carbonyl (C=O) groups excluding carboxylic acids is 1. The molecule has 0 saturated heterocycles. The Morgan fingerprint density at radius 3 is 0.985 bits per heavy atom. The third-order valence-corrected chi connectivity index (χ3v) is 10.6. The Morgan fingerprint density at radius 1 is 0.379 bits per heavy atom. The van der Waals surface area contributed by atoms with Crippen LogP contribution < -0.4 is 26.4 Å². The van der Waals surface area contributed by atoms with Gasteiger partial charge < -0.3 is 0 Å². The number of ketones is 1. The average Bonchev–Trinajstić information content (AvgIpc) is 3.31. The summed E-state index contributed by atoms with van der Waals surface area (Å²) in [7, 11) is 0. The third-order valence-electron chi connectivity index (χ3n) is 10.3. The van der Waals surface area contributed by atoms with Gasteiger partial charge in [-0.2, -0.15) is 17.2 Å². The van der Waals surface area contributed by atoms with Gasteiger partial charge in [-0.25, -0.2) is 87.8 Å². The normalized spacial score (nSPS) is 11.6. The molecule has 0 aliphatic carbocycles. The number of rotatable bonds is 8. The molecule has 7 rings (SSSR count). The van der Waals surface area contributed by atoms with E-state index in [-0.39, 0.29) is 5.78 Å². The Balaban J connectivity index is 0.000000284. The summed E-state index contributed by atoms with van der Waals surface area (Å²) in [6.07, 6.45) is -7.22. The highest BCUT2D eigenvalue weighted by Gasteiger charge is 2.52. The van der Waals surface area contributed by atoms with Gasteiger partial charge in [-0.1, -0.05) is 42.5 Å². The zero-order chi connectivity index (χ0) is 49.0. The lowest BCUT2D eigenvalue weighted by atomic mass is 9.12. The number of halogens is 20. The van der Waals surface area contributed by atoms with Crippen molar-refractivity contribution in [1.82, 2.24) is 0 Å². The van der Waals surface area contributed by atoms with Crippen LogP contribution in [0.5, 0.6) is 0 Å². The number of para-hydroxylation sites is 1. The second-order valence-corrected chi connectivity index (χ2v) is 14.0. The molecule has 0 atom stereocenters. The number of nitrogens with zero attached hydrogens (tertiary/aromatic N) is 1. The van der Waals surface area contributed by atoms with Gasteiger partial charge in [0.2, 0.25) is 17.8 Å². The quantitative estimate of drug-likeness (QED) is 0.0307. The summed E-state index contributed by atoms with van der Waals surface area (Å²) in [6.45, 7) is 0.335. The molecule has 7 aromatic rings. The molecule has 344 valence electrons. The number of aromatic nitrogens is 1. The summed E-state index contributed by atoms with van der Waals surface area (Å²) in [5.41, 5.74) is -11.5. The maximum absolute atomic E-state index is 15.4. The fourth-order valence-electron chi connectivity index (χ4n) is 7.36. The number of thiol groups is 1. The number of Topliss-reactive ketones (excluding diaryl/α,β-unsaturated/α-hetero) is 1. The number of fused-ring (bicyclic) bond motifs is 1. The van der Waals surface area contributed by atoms with Gasteiger partial charge in [-0.3, -0.25) is 4.79 Å². The maximum Gasteiger partial charge on any atom is 0.227 e. The molecular weight excluding hydrogens is 957 g/mol. The van der Waals surface area contributed by atoms with Crippen molar-refractivity contribution >= 4 is 57.3 Å². The lowest BCUT2D eigenvalue weighted by Crippen LogP contribution is -2.81. The standard InChI is InChI=1S/C24BF20.C18H15NOS/c26-5-1(6(27)14(35)21(42)13(5)34)25(2-7(28)15(36)22(43)16(37)8(2)29,3-9(30)17(38)23(44)18(39)10(3)31)4-11(32)19(40)24(45)20(41)12(4)33;20-18(15-7-2-1-3-8-15)12-19-16(13-21)11-10-14-6-4-5-9-17(14)19/h;1-11H,12-13H2/q-1;/p+1. The van der Waals surface area contributed by atoms with Crippen LogP contribution >= 0.6 is 12.6 Å². The predicted molar refractivity (Wildman–Crippen MR) is 197 cm³/mol. The Kier molecular flexibility index (Phi) is 13.6. The van der Waals surface area contributed by atoms with E-state index in [1.165, 1.54) is 0 Å². The Labute approximate surface area is 360 Å². The van der Waals surface area contributed by atoms with Crippen LogP contribution in [0.25, 0.3) is 10.9 Å². The summed E-state index contributed by atoms with van der Waals surface area (Å²) in [5.74, 6) is -70.7. The molecule has 0 fully saturated rings. The van der Waals surface area contributed by atoms with Crippen LogP contribution in [0.4, 0.5) is 87.8 Å². The smallest absolute Gasteiger partial charge is 0.227 e. The first-order valence-electron chi connectivity index (χ1n) is 17.8. The molecule has 2 nitrogen and oxygen atoms in total. The van der Waals surface area contributed by atoms with E-state index in [9.17, 15) is 57.5 Å². The minimum Gasteiger partial charge on any atom is -0.287 e. The highest BCUT2D eigenvalue weighted by Crippen LogP contribution is 2.31. The molecule has 1 aromatic heterocycles. The van der Waals surface area contributed by atoms with E-state index < -0.39 is 144 Å². The number of carbonyl (C=O) groups is 1. The van der Waals surface area contributed by atoms with Crippen LogP contribution in [0.1, 0.15) is 16.1 Å². The van der Waals surface area contributed by atoms with Crippen molar-refractivity contribution in [2.45, 2.75) is 12.3 Å². The lowest BCUT2D eigenvalue weighted by Gasteiger charge is -2.44. The lowest BCUT2D eigenvalue weighted by molar-refractivity contribution is -0.663. The minimum atomic E-state index is -7.22. The van der Waals surface area contributed by atoms with E-state index in [0.717, 1.165) is 22.2 Å². The molecule has 0 unspecified atom stereocenters. The molecule has 0 bridgehead atoms.